The molecule has 0 radical (unpaired) electrons. The van der Waals surface area contributed by atoms with Gasteiger partial charge in [-0.25, -0.2) is 0 Å². The number of benzene rings is 1. The van der Waals surface area contributed by atoms with E-state index >= 15 is 0 Å². The molecule has 0 aliphatic rings. The number of rotatable bonds is 4. The van der Waals surface area contributed by atoms with Crippen molar-refractivity contribution in [3.63, 3.8) is 0 Å². The lowest BCUT2D eigenvalue weighted by Gasteiger charge is -2.15. The molecule has 2 rings (SSSR count). The fourth-order valence-corrected chi connectivity index (χ4v) is 1.96. The van der Waals surface area contributed by atoms with Gasteiger partial charge in [-0.15, -0.1) is 0 Å². The third kappa shape index (κ3) is 2.64. The maximum atomic E-state index is 9.93. The van der Waals surface area contributed by atoms with Crippen LogP contribution >= 0.6 is 0 Å². The molecule has 1 aromatic heterocycles. The van der Waals surface area contributed by atoms with Crippen LogP contribution in [-0.2, 0) is 6.54 Å². The van der Waals surface area contributed by atoms with Crippen LogP contribution in [0.15, 0.2) is 30.6 Å². The molecule has 0 aliphatic carbocycles. The smallest absolute Gasteiger partial charge is 0.121 e. The first-order chi connectivity index (χ1) is 8.60. The van der Waals surface area contributed by atoms with Crippen molar-refractivity contribution in [1.29, 1.82) is 0 Å². The van der Waals surface area contributed by atoms with Gasteiger partial charge in [0, 0.05) is 18.3 Å². The number of anilines is 1. The molecular weight excluding hydrogens is 226 g/mol. The number of nitrogens with one attached hydrogen (secondary N) is 1. The summed E-state index contributed by atoms with van der Waals surface area (Å²) >= 11 is 0. The van der Waals surface area contributed by atoms with E-state index in [1.807, 2.05) is 43.8 Å². The Balaban J connectivity index is 2.13. The second-order valence-corrected chi connectivity index (χ2v) is 4.51. The number of hydrogen-bond acceptors (Lipinski definition) is 3. The van der Waals surface area contributed by atoms with E-state index in [1.165, 1.54) is 0 Å². The Morgan fingerprint density at radius 2 is 2.22 bits per heavy atom. The lowest BCUT2D eigenvalue weighted by Crippen LogP contribution is -2.06. The molecule has 1 atom stereocenters. The summed E-state index contributed by atoms with van der Waals surface area (Å²) in [4.78, 5) is 0. The minimum atomic E-state index is 0.0418. The number of nitrogens with zero attached hydrogens (tertiary/aromatic N) is 2. The van der Waals surface area contributed by atoms with E-state index in [0.717, 1.165) is 23.4 Å². The Morgan fingerprint density at radius 1 is 1.44 bits per heavy atom. The van der Waals surface area contributed by atoms with Crippen molar-refractivity contribution in [2.75, 3.05) is 5.32 Å². The zero-order valence-corrected chi connectivity index (χ0v) is 11.0. The van der Waals surface area contributed by atoms with Crippen molar-refractivity contribution in [2.24, 2.45) is 0 Å². The molecule has 4 nitrogen and oxygen atoms in total. The first kappa shape index (κ1) is 12.5. The van der Waals surface area contributed by atoms with E-state index in [4.69, 9.17) is 0 Å². The largest absolute Gasteiger partial charge is 0.508 e. The lowest BCUT2D eigenvalue weighted by molar-refractivity contribution is 0.465. The molecule has 2 aromatic rings. The van der Waals surface area contributed by atoms with Crippen LogP contribution in [-0.4, -0.2) is 14.9 Å². The number of hydrogen-bond donors (Lipinski definition) is 2. The van der Waals surface area contributed by atoms with Crippen molar-refractivity contribution in [1.82, 2.24) is 9.78 Å². The number of phenols is 1. The third-order valence-electron chi connectivity index (χ3n) is 2.99. The Hall–Kier alpha value is -1.97. The van der Waals surface area contributed by atoms with Gasteiger partial charge in [-0.3, -0.25) is 4.68 Å². The molecule has 4 heteroatoms. The summed E-state index contributed by atoms with van der Waals surface area (Å²) in [5.74, 6) is 0.331. The predicted molar refractivity (Wildman–Crippen MR) is 72.8 cm³/mol. The molecule has 0 saturated heterocycles. The quantitative estimate of drug-likeness (QED) is 0.870. The van der Waals surface area contributed by atoms with Crippen LogP contribution in [0.25, 0.3) is 0 Å². The first-order valence-electron chi connectivity index (χ1n) is 6.18. The standard InChI is InChI=1S/C14H19N3O/c1-4-17-9-12(8-15-17)16-11(3)13-6-5-10(2)7-14(13)18/h5-9,11,16,18H,4H2,1-3H3. The van der Waals surface area contributed by atoms with E-state index in [2.05, 4.69) is 10.4 Å². The zero-order valence-electron chi connectivity index (χ0n) is 11.0. The second-order valence-electron chi connectivity index (χ2n) is 4.51. The molecule has 1 aromatic carbocycles. The van der Waals surface area contributed by atoms with Gasteiger partial charge in [0.05, 0.1) is 17.9 Å². The molecule has 18 heavy (non-hydrogen) atoms. The molecule has 0 saturated carbocycles. The Labute approximate surface area is 107 Å². The van der Waals surface area contributed by atoms with Crippen LogP contribution in [0.1, 0.15) is 31.0 Å². The minimum Gasteiger partial charge on any atom is -0.508 e. The van der Waals surface area contributed by atoms with Crippen LogP contribution < -0.4 is 5.32 Å². The minimum absolute atomic E-state index is 0.0418. The SMILES string of the molecule is CCn1cc(NC(C)c2ccc(C)cc2O)cn1. The van der Waals surface area contributed by atoms with Crippen LogP contribution in [0, 0.1) is 6.92 Å². The van der Waals surface area contributed by atoms with E-state index in [0.29, 0.717) is 5.75 Å². The maximum Gasteiger partial charge on any atom is 0.121 e. The normalized spacial score (nSPS) is 12.4. The maximum absolute atomic E-state index is 9.93. The number of aromatic hydroxyl groups is 1. The van der Waals surface area contributed by atoms with Crippen LogP contribution in [0.4, 0.5) is 5.69 Å². The van der Waals surface area contributed by atoms with Gasteiger partial charge in [-0.1, -0.05) is 12.1 Å². The summed E-state index contributed by atoms with van der Waals surface area (Å²) in [6, 6.07) is 5.78. The van der Waals surface area contributed by atoms with Gasteiger partial charge < -0.3 is 10.4 Å². The molecule has 0 bridgehead atoms. The highest BCUT2D eigenvalue weighted by Crippen LogP contribution is 2.27. The Morgan fingerprint density at radius 3 is 2.83 bits per heavy atom. The van der Waals surface area contributed by atoms with Gasteiger partial charge in [0.2, 0.25) is 0 Å². The van der Waals surface area contributed by atoms with Gasteiger partial charge in [-0.05, 0) is 32.4 Å². The molecule has 1 unspecified atom stereocenters. The summed E-state index contributed by atoms with van der Waals surface area (Å²) in [6.45, 7) is 6.89. The van der Waals surface area contributed by atoms with Crippen LogP contribution in [0.2, 0.25) is 0 Å². The Kier molecular flexibility index (Phi) is 3.55. The summed E-state index contributed by atoms with van der Waals surface area (Å²) in [5, 5.41) is 17.5. The number of aryl methyl sites for hydroxylation is 2. The topological polar surface area (TPSA) is 50.1 Å². The fourth-order valence-electron chi connectivity index (χ4n) is 1.96. The molecule has 0 amide bonds. The van der Waals surface area contributed by atoms with Gasteiger partial charge in [0.15, 0.2) is 0 Å². The highest BCUT2D eigenvalue weighted by Gasteiger charge is 2.10. The highest BCUT2D eigenvalue weighted by atomic mass is 16.3. The average molecular weight is 245 g/mol. The molecule has 0 fully saturated rings. The summed E-state index contributed by atoms with van der Waals surface area (Å²) in [5.41, 5.74) is 2.91. The third-order valence-corrected chi connectivity index (χ3v) is 2.99. The van der Waals surface area contributed by atoms with Crippen LogP contribution in [0.3, 0.4) is 0 Å². The Bertz CT molecular complexity index is 534. The van der Waals surface area contributed by atoms with Crippen LogP contribution in [0.5, 0.6) is 5.75 Å². The van der Waals surface area contributed by atoms with E-state index in [-0.39, 0.29) is 6.04 Å². The molecule has 0 spiro atoms. The van der Waals surface area contributed by atoms with Gasteiger partial charge >= 0.3 is 0 Å². The second kappa shape index (κ2) is 5.12. The summed E-state index contributed by atoms with van der Waals surface area (Å²) < 4.78 is 1.87. The first-order valence-corrected chi connectivity index (χ1v) is 6.18. The predicted octanol–water partition coefficient (Wildman–Crippen LogP) is 3.09. The van der Waals surface area contributed by atoms with E-state index < -0.39 is 0 Å². The van der Waals surface area contributed by atoms with E-state index in [1.54, 1.807) is 12.3 Å². The number of phenolic OH excluding ortho intramolecular Hbond substituents is 1. The van der Waals surface area contributed by atoms with Gasteiger partial charge in [-0.2, -0.15) is 5.10 Å². The molecule has 2 N–H and O–H groups in total. The van der Waals surface area contributed by atoms with Gasteiger partial charge in [0.1, 0.15) is 5.75 Å². The monoisotopic (exact) mass is 245 g/mol. The van der Waals surface area contributed by atoms with Crippen molar-refractivity contribution in [3.05, 3.63) is 41.7 Å². The zero-order chi connectivity index (χ0) is 13.1. The molecule has 96 valence electrons. The highest BCUT2D eigenvalue weighted by molar-refractivity contribution is 5.45. The van der Waals surface area contributed by atoms with Crippen molar-refractivity contribution in [3.8, 4) is 5.75 Å². The summed E-state index contributed by atoms with van der Waals surface area (Å²) in [6.07, 6.45) is 3.76. The van der Waals surface area contributed by atoms with Gasteiger partial charge in [0.25, 0.3) is 0 Å². The molecule has 1 heterocycles. The van der Waals surface area contributed by atoms with E-state index in [9.17, 15) is 5.11 Å². The lowest BCUT2D eigenvalue weighted by atomic mass is 10.1. The number of aromatic nitrogens is 2. The molecular formula is C14H19N3O. The summed E-state index contributed by atoms with van der Waals surface area (Å²) in [7, 11) is 0. The fraction of sp³-hybridized carbons (Fsp3) is 0.357. The van der Waals surface area contributed by atoms with Crippen molar-refractivity contribution < 1.29 is 5.11 Å². The average Bonchev–Trinajstić information content (AvgIpc) is 2.76. The van der Waals surface area contributed by atoms with Crippen molar-refractivity contribution >= 4 is 5.69 Å². The molecule has 0 aliphatic heterocycles. The van der Waals surface area contributed by atoms with Crippen molar-refractivity contribution in [2.45, 2.75) is 33.4 Å².